The molecule has 1 atom stereocenters. The van der Waals surface area contributed by atoms with Gasteiger partial charge < -0.3 is 11.5 Å². The number of anilines is 2. The summed E-state index contributed by atoms with van der Waals surface area (Å²) in [5.41, 5.74) is 6.00. The molecule has 2 rings (SSSR count). The first-order chi connectivity index (χ1) is 11.3. The fraction of sp³-hybridized carbons (Fsp3) is 0.600. The number of nitrogen functional groups attached to an aromatic ring is 2. The zero-order valence-corrected chi connectivity index (χ0v) is 10.3. The third kappa shape index (κ3) is 1.21. The molecule has 0 aromatic heterocycles. The van der Waals surface area contributed by atoms with Crippen molar-refractivity contribution in [1.29, 1.82) is 0 Å². The summed E-state index contributed by atoms with van der Waals surface area (Å²) in [7, 11) is 0. The van der Waals surface area contributed by atoms with Crippen LogP contribution in [0.2, 0.25) is 0 Å². The van der Waals surface area contributed by atoms with E-state index in [0.29, 0.717) is 0 Å². The maximum atomic E-state index is 8.15. The van der Waals surface area contributed by atoms with Crippen LogP contribution in [0.3, 0.4) is 0 Å². The van der Waals surface area contributed by atoms with Crippen LogP contribution in [0, 0.1) is 5.41 Å². The van der Waals surface area contributed by atoms with Gasteiger partial charge >= 0.3 is 0 Å². The van der Waals surface area contributed by atoms with Crippen molar-refractivity contribution in [3.8, 4) is 0 Å². The number of hydrogen-bond donors (Lipinski definition) is 2. The SMILES string of the molecule is [2H]C([2H])([2H])C1(C)C(C)(C)c2cc(N)c(N)cc2C1(C([2H])([2H])[2H])C([2H])([2H])[2H]. The summed E-state index contributed by atoms with van der Waals surface area (Å²) in [6, 6.07) is 2.63. The summed E-state index contributed by atoms with van der Waals surface area (Å²) >= 11 is 0. The first-order valence-electron chi connectivity index (χ1n) is 9.98. The number of hydrogen-bond acceptors (Lipinski definition) is 2. The lowest BCUT2D eigenvalue weighted by molar-refractivity contribution is 0.125. The standard InChI is InChI=1S/C15H24N2/c1-13(2)9-7-11(16)12(17)8-10(9)14(3,4)15(13,5)6/h7-8H,16-17H2,1-6H3/i1D3,2D3,5D3. The normalized spacial score (nSPS) is 39.1. The van der Waals surface area contributed by atoms with E-state index in [2.05, 4.69) is 0 Å². The second-order valence-corrected chi connectivity index (χ2v) is 5.53. The number of nitrogens with two attached hydrogens (primary N) is 2. The largest absolute Gasteiger partial charge is 0.397 e. The molecule has 1 unspecified atom stereocenters. The molecule has 0 amide bonds. The molecule has 0 radical (unpaired) electrons. The topological polar surface area (TPSA) is 52.0 Å². The van der Waals surface area contributed by atoms with Gasteiger partial charge in [-0.05, 0) is 39.5 Å². The molecular weight excluding hydrogens is 208 g/mol. The number of benzene rings is 1. The molecule has 2 nitrogen and oxygen atoms in total. The number of rotatable bonds is 0. The van der Waals surface area contributed by atoms with Gasteiger partial charge in [0.25, 0.3) is 0 Å². The van der Waals surface area contributed by atoms with Gasteiger partial charge in [0.15, 0.2) is 0 Å². The Morgan fingerprint density at radius 3 is 1.76 bits per heavy atom. The van der Waals surface area contributed by atoms with Crippen LogP contribution in [-0.4, -0.2) is 0 Å². The smallest absolute Gasteiger partial charge is 0.0550 e. The fourth-order valence-corrected chi connectivity index (χ4v) is 2.47. The van der Waals surface area contributed by atoms with Crippen LogP contribution in [0.25, 0.3) is 0 Å². The molecule has 1 aliphatic rings. The van der Waals surface area contributed by atoms with Crippen LogP contribution in [0.1, 0.15) is 64.8 Å². The Morgan fingerprint density at radius 1 is 0.882 bits per heavy atom. The van der Waals surface area contributed by atoms with Gasteiger partial charge in [-0.15, -0.1) is 0 Å². The van der Waals surface area contributed by atoms with Crippen molar-refractivity contribution in [2.24, 2.45) is 5.41 Å². The lowest BCUT2D eigenvalue weighted by atomic mass is 9.59. The zero-order chi connectivity index (χ0) is 20.7. The second-order valence-electron chi connectivity index (χ2n) is 5.53. The van der Waals surface area contributed by atoms with E-state index in [1.807, 2.05) is 0 Å². The molecule has 0 bridgehead atoms. The van der Waals surface area contributed by atoms with Gasteiger partial charge in [0.2, 0.25) is 0 Å². The summed E-state index contributed by atoms with van der Waals surface area (Å²) < 4.78 is 73.4. The fourth-order valence-electron chi connectivity index (χ4n) is 2.47. The van der Waals surface area contributed by atoms with E-state index in [4.69, 9.17) is 23.8 Å². The lowest BCUT2D eigenvalue weighted by Gasteiger charge is -2.44. The van der Waals surface area contributed by atoms with Crippen LogP contribution in [0.15, 0.2) is 12.1 Å². The first-order valence-corrected chi connectivity index (χ1v) is 5.48. The van der Waals surface area contributed by atoms with Gasteiger partial charge in [-0.3, -0.25) is 0 Å². The summed E-state index contributed by atoms with van der Waals surface area (Å²) in [4.78, 5) is 0. The minimum Gasteiger partial charge on any atom is -0.397 e. The first kappa shape index (κ1) is 5.21. The Balaban J connectivity index is 3.22. The van der Waals surface area contributed by atoms with Crippen LogP contribution in [0.5, 0.6) is 0 Å². The maximum Gasteiger partial charge on any atom is 0.0550 e. The van der Waals surface area contributed by atoms with Gasteiger partial charge in [0, 0.05) is 12.3 Å². The van der Waals surface area contributed by atoms with Crippen LogP contribution >= 0.6 is 0 Å². The molecule has 0 heterocycles. The Kier molecular flexibility index (Phi) is 0.914. The third-order valence-electron chi connectivity index (χ3n) is 4.30. The van der Waals surface area contributed by atoms with Crippen LogP contribution in [-0.2, 0) is 10.8 Å². The van der Waals surface area contributed by atoms with Crippen molar-refractivity contribution in [2.75, 3.05) is 11.5 Å². The molecular formula is C15H24N2. The Hall–Kier alpha value is -1.18. The van der Waals surface area contributed by atoms with Crippen molar-refractivity contribution in [3.63, 3.8) is 0 Å². The summed E-state index contributed by atoms with van der Waals surface area (Å²) in [6.07, 6.45) is 0. The Morgan fingerprint density at radius 2 is 1.35 bits per heavy atom. The van der Waals surface area contributed by atoms with Gasteiger partial charge in [0.1, 0.15) is 0 Å². The maximum absolute atomic E-state index is 8.15. The molecule has 1 aliphatic carbocycles. The van der Waals surface area contributed by atoms with Crippen molar-refractivity contribution in [1.82, 2.24) is 0 Å². The van der Waals surface area contributed by atoms with E-state index in [9.17, 15) is 0 Å². The average molecular weight is 241 g/mol. The zero-order valence-electron chi connectivity index (χ0n) is 19.3. The second kappa shape index (κ2) is 2.98. The Labute approximate surface area is 117 Å². The van der Waals surface area contributed by atoms with E-state index >= 15 is 0 Å². The van der Waals surface area contributed by atoms with E-state index in [1.165, 1.54) is 19.1 Å². The van der Waals surface area contributed by atoms with Gasteiger partial charge in [-0.25, -0.2) is 0 Å². The van der Waals surface area contributed by atoms with Crippen molar-refractivity contribution < 1.29 is 12.3 Å². The highest BCUT2D eigenvalue weighted by atomic mass is 14.7. The predicted molar refractivity (Wildman–Crippen MR) is 75.1 cm³/mol. The average Bonchev–Trinajstić information content (AvgIpc) is 2.53. The minimum absolute atomic E-state index is 0.0206. The minimum atomic E-state index is -3.13. The molecule has 0 saturated carbocycles. The van der Waals surface area contributed by atoms with Crippen LogP contribution in [0.4, 0.5) is 11.4 Å². The molecule has 1 aromatic carbocycles. The molecule has 4 N–H and O–H groups in total. The molecule has 0 aliphatic heterocycles. The number of fused-ring (bicyclic) bond motifs is 1. The van der Waals surface area contributed by atoms with Crippen molar-refractivity contribution in [3.05, 3.63) is 23.3 Å². The summed E-state index contributed by atoms with van der Waals surface area (Å²) in [6.45, 7) is -4.83. The lowest BCUT2D eigenvalue weighted by Crippen LogP contribution is -2.42. The van der Waals surface area contributed by atoms with Gasteiger partial charge in [-0.1, -0.05) is 41.3 Å². The van der Waals surface area contributed by atoms with Crippen LogP contribution < -0.4 is 11.5 Å². The van der Waals surface area contributed by atoms with Crippen molar-refractivity contribution in [2.45, 2.75) is 52.2 Å². The Bertz CT molecular complexity index is 729. The van der Waals surface area contributed by atoms with E-state index < -0.39 is 36.8 Å². The van der Waals surface area contributed by atoms with Gasteiger partial charge in [-0.2, -0.15) is 0 Å². The molecule has 17 heavy (non-hydrogen) atoms. The summed E-state index contributed by atoms with van der Waals surface area (Å²) in [5, 5.41) is 0. The highest BCUT2D eigenvalue weighted by molar-refractivity contribution is 5.69. The van der Waals surface area contributed by atoms with E-state index in [-0.39, 0.29) is 22.5 Å². The molecule has 0 fully saturated rings. The molecule has 1 aromatic rings. The molecule has 94 valence electrons. The highest BCUT2D eigenvalue weighted by Gasteiger charge is 2.56. The van der Waals surface area contributed by atoms with E-state index in [1.54, 1.807) is 13.8 Å². The monoisotopic (exact) mass is 241 g/mol. The predicted octanol–water partition coefficient (Wildman–Crippen LogP) is 3.45. The highest BCUT2D eigenvalue weighted by Crippen LogP contribution is 2.62. The molecule has 0 saturated heterocycles. The molecule has 0 spiro atoms. The van der Waals surface area contributed by atoms with Gasteiger partial charge in [0.05, 0.1) is 11.4 Å². The third-order valence-corrected chi connectivity index (χ3v) is 4.30. The van der Waals surface area contributed by atoms with Crippen molar-refractivity contribution >= 4 is 11.4 Å². The quantitative estimate of drug-likeness (QED) is 0.684. The molecule has 2 heteroatoms. The van der Waals surface area contributed by atoms with E-state index in [0.717, 1.165) is 0 Å². The summed E-state index contributed by atoms with van der Waals surface area (Å²) in [5.74, 6) is 0.